The SMILES string of the molecule is N=C(N)CCCC(=O)OCCc1cn[nH]n1. The van der Waals surface area contributed by atoms with Crippen LogP contribution in [0.15, 0.2) is 6.20 Å². The molecule has 16 heavy (non-hydrogen) atoms. The molecule has 0 bridgehead atoms. The summed E-state index contributed by atoms with van der Waals surface area (Å²) in [5, 5.41) is 16.9. The largest absolute Gasteiger partial charge is 0.465 e. The molecule has 0 spiro atoms. The Morgan fingerprint density at radius 2 is 2.38 bits per heavy atom. The Balaban J connectivity index is 2.04. The van der Waals surface area contributed by atoms with Gasteiger partial charge in [0, 0.05) is 19.3 Å². The van der Waals surface area contributed by atoms with Gasteiger partial charge in [-0.15, -0.1) is 0 Å². The van der Waals surface area contributed by atoms with Crippen LogP contribution in [0.5, 0.6) is 0 Å². The molecule has 0 amide bonds. The van der Waals surface area contributed by atoms with Gasteiger partial charge >= 0.3 is 5.97 Å². The number of amidine groups is 1. The monoisotopic (exact) mass is 225 g/mol. The number of nitrogens with one attached hydrogen (secondary N) is 2. The van der Waals surface area contributed by atoms with E-state index in [0.29, 0.717) is 32.3 Å². The minimum Gasteiger partial charge on any atom is -0.465 e. The Morgan fingerprint density at radius 1 is 1.56 bits per heavy atom. The van der Waals surface area contributed by atoms with Crippen molar-refractivity contribution in [3.63, 3.8) is 0 Å². The van der Waals surface area contributed by atoms with Crippen molar-refractivity contribution in [2.24, 2.45) is 5.73 Å². The van der Waals surface area contributed by atoms with Crippen LogP contribution in [0, 0.1) is 5.41 Å². The molecular weight excluding hydrogens is 210 g/mol. The molecule has 0 atom stereocenters. The average molecular weight is 225 g/mol. The first-order chi connectivity index (χ1) is 7.68. The summed E-state index contributed by atoms with van der Waals surface area (Å²) in [7, 11) is 0. The normalized spacial score (nSPS) is 10.0. The number of rotatable bonds is 7. The third kappa shape index (κ3) is 5.08. The fourth-order valence-electron chi connectivity index (χ4n) is 1.11. The molecule has 1 aromatic heterocycles. The molecule has 0 unspecified atom stereocenters. The second kappa shape index (κ2) is 6.54. The number of carbonyl (C=O) groups excluding carboxylic acids is 1. The Morgan fingerprint density at radius 3 is 3.00 bits per heavy atom. The standard InChI is InChI=1S/C9H15N5O2/c10-8(11)2-1-3-9(15)16-5-4-7-6-12-14-13-7/h6H,1-5H2,(H3,10,11)(H,12,13,14). The van der Waals surface area contributed by atoms with Gasteiger partial charge in [-0.3, -0.25) is 10.2 Å². The van der Waals surface area contributed by atoms with E-state index in [4.69, 9.17) is 15.9 Å². The Bertz CT molecular complexity index is 336. The molecule has 0 radical (unpaired) electrons. The van der Waals surface area contributed by atoms with Crippen molar-refractivity contribution in [1.82, 2.24) is 15.4 Å². The van der Waals surface area contributed by atoms with Gasteiger partial charge in [0.25, 0.3) is 0 Å². The van der Waals surface area contributed by atoms with Crippen LogP contribution in [0.25, 0.3) is 0 Å². The lowest BCUT2D eigenvalue weighted by Gasteiger charge is -2.02. The van der Waals surface area contributed by atoms with Crippen molar-refractivity contribution in [2.75, 3.05) is 6.61 Å². The second-order valence-corrected chi connectivity index (χ2v) is 3.31. The van der Waals surface area contributed by atoms with E-state index in [0.717, 1.165) is 5.69 Å². The van der Waals surface area contributed by atoms with Crippen molar-refractivity contribution in [2.45, 2.75) is 25.7 Å². The van der Waals surface area contributed by atoms with Gasteiger partial charge in [0.15, 0.2) is 0 Å². The van der Waals surface area contributed by atoms with Gasteiger partial charge in [0.1, 0.15) is 0 Å². The molecule has 1 aromatic rings. The summed E-state index contributed by atoms with van der Waals surface area (Å²) in [4.78, 5) is 11.2. The van der Waals surface area contributed by atoms with Crippen molar-refractivity contribution >= 4 is 11.8 Å². The molecule has 1 heterocycles. The van der Waals surface area contributed by atoms with Crippen LogP contribution in [-0.4, -0.2) is 33.8 Å². The van der Waals surface area contributed by atoms with Gasteiger partial charge in [0.2, 0.25) is 0 Å². The predicted octanol–water partition coefficient (Wildman–Crippen LogP) is -0.00333. The zero-order chi connectivity index (χ0) is 11.8. The minimum atomic E-state index is -0.273. The lowest BCUT2D eigenvalue weighted by molar-refractivity contribution is -0.143. The maximum absolute atomic E-state index is 11.2. The van der Waals surface area contributed by atoms with E-state index in [1.807, 2.05) is 0 Å². The number of aromatic nitrogens is 3. The van der Waals surface area contributed by atoms with Gasteiger partial charge < -0.3 is 10.5 Å². The zero-order valence-electron chi connectivity index (χ0n) is 8.90. The summed E-state index contributed by atoms with van der Waals surface area (Å²) in [6.45, 7) is 0.297. The van der Waals surface area contributed by atoms with Crippen molar-refractivity contribution in [3.05, 3.63) is 11.9 Å². The number of esters is 1. The lowest BCUT2D eigenvalue weighted by Crippen LogP contribution is -2.12. The highest BCUT2D eigenvalue weighted by atomic mass is 16.5. The lowest BCUT2D eigenvalue weighted by atomic mass is 10.2. The molecule has 0 aliphatic carbocycles. The summed E-state index contributed by atoms with van der Waals surface area (Å²) in [5.74, 6) is -0.180. The van der Waals surface area contributed by atoms with Crippen LogP contribution < -0.4 is 5.73 Å². The number of H-pyrrole nitrogens is 1. The highest BCUT2D eigenvalue weighted by Gasteiger charge is 2.04. The summed E-state index contributed by atoms with van der Waals surface area (Å²) < 4.78 is 4.97. The molecule has 0 aliphatic heterocycles. The number of aromatic amines is 1. The van der Waals surface area contributed by atoms with Crippen molar-refractivity contribution in [1.29, 1.82) is 5.41 Å². The number of nitrogens with zero attached hydrogens (tertiary/aromatic N) is 2. The summed E-state index contributed by atoms with van der Waals surface area (Å²) in [6, 6.07) is 0. The van der Waals surface area contributed by atoms with Crippen LogP contribution >= 0.6 is 0 Å². The molecule has 0 aliphatic rings. The van der Waals surface area contributed by atoms with Crippen LogP contribution in [0.2, 0.25) is 0 Å². The average Bonchev–Trinajstić information content (AvgIpc) is 2.70. The van der Waals surface area contributed by atoms with Gasteiger partial charge in [-0.1, -0.05) is 0 Å². The predicted molar refractivity (Wildman–Crippen MR) is 56.8 cm³/mol. The first kappa shape index (κ1) is 12.2. The molecule has 7 nitrogen and oxygen atoms in total. The number of ether oxygens (including phenoxy) is 1. The smallest absolute Gasteiger partial charge is 0.305 e. The highest BCUT2D eigenvalue weighted by molar-refractivity contribution is 5.77. The molecule has 0 saturated carbocycles. The zero-order valence-corrected chi connectivity index (χ0v) is 8.90. The summed E-state index contributed by atoms with van der Waals surface area (Å²) in [6.07, 6.45) is 3.41. The molecule has 4 N–H and O–H groups in total. The van der Waals surface area contributed by atoms with E-state index in [2.05, 4.69) is 15.4 Å². The van der Waals surface area contributed by atoms with Crippen LogP contribution in [-0.2, 0) is 16.0 Å². The third-order valence-electron chi connectivity index (χ3n) is 1.91. The Kier molecular flexibility index (Phi) is 4.97. The maximum atomic E-state index is 11.2. The topological polar surface area (TPSA) is 118 Å². The van der Waals surface area contributed by atoms with E-state index >= 15 is 0 Å². The quantitative estimate of drug-likeness (QED) is 0.343. The van der Waals surface area contributed by atoms with Gasteiger partial charge in [0.05, 0.1) is 24.3 Å². The molecule has 0 saturated heterocycles. The summed E-state index contributed by atoms with van der Waals surface area (Å²) >= 11 is 0. The third-order valence-corrected chi connectivity index (χ3v) is 1.91. The summed E-state index contributed by atoms with van der Waals surface area (Å²) in [5.41, 5.74) is 5.92. The van der Waals surface area contributed by atoms with Crippen molar-refractivity contribution < 1.29 is 9.53 Å². The molecule has 1 rings (SSSR count). The minimum absolute atomic E-state index is 0.0930. The van der Waals surface area contributed by atoms with Gasteiger partial charge in [-0.25, -0.2) is 0 Å². The van der Waals surface area contributed by atoms with Crippen molar-refractivity contribution in [3.8, 4) is 0 Å². The van der Waals surface area contributed by atoms with E-state index in [-0.39, 0.29) is 11.8 Å². The molecular formula is C9H15N5O2. The molecule has 0 aromatic carbocycles. The number of hydrogen-bond acceptors (Lipinski definition) is 5. The van der Waals surface area contributed by atoms with E-state index in [1.165, 1.54) is 0 Å². The van der Waals surface area contributed by atoms with E-state index in [1.54, 1.807) is 6.20 Å². The highest BCUT2D eigenvalue weighted by Crippen LogP contribution is 1.98. The second-order valence-electron chi connectivity index (χ2n) is 3.31. The van der Waals surface area contributed by atoms with Gasteiger partial charge in [-0.2, -0.15) is 15.4 Å². The van der Waals surface area contributed by atoms with E-state index < -0.39 is 0 Å². The van der Waals surface area contributed by atoms with Crippen LogP contribution in [0.4, 0.5) is 0 Å². The van der Waals surface area contributed by atoms with Gasteiger partial charge in [-0.05, 0) is 6.42 Å². The van der Waals surface area contributed by atoms with Crippen LogP contribution in [0.3, 0.4) is 0 Å². The number of hydrogen-bond donors (Lipinski definition) is 3. The molecule has 7 heteroatoms. The van der Waals surface area contributed by atoms with Crippen LogP contribution in [0.1, 0.15) is 25.0 Å². The first-order valence-electron chi connectivity index (χ1n) is 5.01. The maximum Gasteiger partial charge on any atom is 0.305 e. The Labute approximate surface area is 92.9 Å². The molecule has 88 valence electrons. The number of carbonyl (C=O) groups is 1. The van der Waals surface area contributed by atoms with E-state index in [9.17, 15) is 4.79 Å². The first-order valence-corrected chi connectivity index (χ1v) is 5.01. The fraction of sp³-hybridized carbons (Fsp3) is 0.556. The Hall–Kier alpha value is -1.92. The molecule has 0 fully saturated rings. The number of nitrogens with two attached hydrogens (primary N) is 1. The fourth-order valence-corrected chi connectivity index (χ4v) is 1.11.